The summed E-state index contributed by atoms with van der Waals surface area (Å²) in [5, 5.41) is 27.3. The predicted octanol–water partition coefficient (Wildman–Crippen LogP) is 0.881. The van der Waals surface area contributed by atoms with Crippen molar-refractivity contribution in [3.05, 3.63) is 20.2 Å². The molecule has 154 valence electrons. The van der Waals surface area contributed by atoms with Crippen LogP contribution in [0.2, 0.25) is 7.86 Å². The molecule has 0 aromatic rings. The van der Waals surface area contributed by atoms with Crippen LogP contribution in [0, 0.1) is 25.6 Å². The third-order valence-corrected chi connectivity index (χ3v) is 8.52. The minimum atomic E-state index is -1.50. The van der Waals surface area contributed by atoms with Crippen molar-refractivity contribution in [1.82, 2.24) is 0 Å². The fourth-order valence-electron chi connectivity index (χ4n) is 2.52. The quantitative estimate of drug-likeness (QED) is 0.128. The molecule has 1 heterocycles. The molecule has 0 bridgehead atoms. The van der Waals surface area contributed by atoms with E-state index in [2.05, 4.69) is 0 Å². The maximum atomic E-state index is 12.4. The van der Waals surface area contributed by atoms with E-state index in [-0.39, 0.29) is 25.4 Å². The summed E-state index contributed by atoms with van der Waals surface area (Å²) in [5.41, 5.74) is -1.14. The summed E-state index contributed by atoms with van der Waals surface area (Å²) < 4.78 is 18.3. The third-order valence-electron chi connectivity index (χ3n) is 3.51. The molecule has 0 saturated carbocycles. The molecule has 0 aromatic heterocycles. The molecule has 0 amide bonds. The van der Waals surface area contributed by atoms with Gasteiger partial charge in [-0.1, -0.05) is 0 Å². The van der Waals surface area contributed by atoms with Gasteiger partial charge in [-0.2, -0.15) is 0 Å². The predicted molar refractivity (Wildman–Crippen MR) is 80.8 cm³/mol. The normalized spacial score (nSPS) is 19.6. The molecule has 1 saturated heterocycles. The summed E-state index contributed by atoms with van der Waals surface area (Å²) in [7, 11) is 0. The Labute approximate surface area is 193 Å². The maximum Gasteiger partial charge on any atom is 0.291 e. The number of carbonyl (C=O) groups is 2. The second kappa shape index (κ2) is 16.0. The average Bonchev–Trinajstić information content (AvgIpc) is 2.60. The number of hydrogen-bond acceptors (Lipinski definition) is 9. The number of ether oxygens (including phenoxy) is 3. The second-order valence-corrected chi connectivity index (χ2v) is 9.85. The molecular formula is C13H22Hg2N2O11. The van der Waals surface area contributed by atoms with Gasteiger partial charge in [-0.3, -0.25) is 0 Å². The van der Waals surface area contributed by atoms with E-state index < -0.39 is 27.5 Å². The van der Waals surface area contributed by atoms with Crippen LogP contribution in [0.15, 0.2) is 0 Å². The van der Waals surface area contributed by atoms with E-state index >= 15 is 0 Å². The Hall–Kier alpha value is -0.830. The molecule has 15 heteroatoms. The van der Waals surface area contributed by atoms with Gasteiger partial charge in [-0.05, 0) is 0 Å². The molecule has 13 nitrogen and oxygen atoms in total. The van der Waals surface area contributed by atoms with E-state index in [1.165, 1.54) is 0 Å². The van der Waals surface area contributed by atoms with Gasteiger partial charge >= 0.3 is 153 Å². The summed E-state index contributed by atoms with van der Waals surface area (Å²) in [6.07, 6.45) is 0.848. The van der Waals surface area contributed by atoms with E-state index in [0.717, 1.165) is 7.86 Å². The van der Waals surface area contributed by atoms with Crippen molar-refractivity contribution in [2.24, 2.45) is 5.41 Å². The van der Waals surface area contributed by atoms with Gasteiger partial charge in [0, 0.05) is 0 Å². The van der Waals surface area contributed by atoms with Crippen molar-refractivity contribution >= 4 is 11.9 Å². The van der Waals surface area contributed by atoms with Crippen LogP contribution < -0.4 is 0 Å². The first kappa shape index (κ1) is 29.4. The van der Waals surface area contributed by atoms with Crippen LogP contribution in [0.5, 0.6) is 0 Å². The first-order chi connectivity index (χ1) is 13.0. The molecule has 0 aliphatic carbocycles. The minimum absolute atomic E-state index is 0.00875. The molecule has 0 radical (unpaired) electrons. The van der Waals surface area contributed by atoms with Crippen molar-refractivity contribution in [2.75, 3.05) is 13.2 Å². The summed E-state index contributed by atoms with van der Waals surface area (Å²) in [4.78, 5) is 41.5. The van der Waals surface area contributed by atoms with E-state index in [1.54, 1.807) is 13.8 Å². The van der Waals surface area contributed by atoms with E-state index in [1.807, 2.05) is 0 Å². The van der Waals surface area contributed by atoms with Crippen LogP contribution in [0.1, 0.15) is 26.7 Å². The minimum Gasteiger partial charge on any atom is -0.328 e. The Balaban J connectivity index is 0. The van der Waals surface area contributed by atoms with E-state index in [4.69, 9.17) is 44.9 Å². The van der Waals surface area contributed by atoms with Gasteiger partial charge in [-0.25, -0.2) is 0 Å². The van der Waals surface area contributed by atoms with Crippen LogP contribution in [0.25, 0.3) is 0 Å². The fraction of sp³-hybridized carbons (Fsp3) is 0.846. The molecule has 0 aromatic carbocycles. The van der Waals surface area contributed by atoms with Crippen molar-refractivity contribution in [3.63, 3.8) is 0 Å². The molecule has 2 unspecified atom stereocenters. The average molecular weight is 784 g/mol. The van der Waals surface area contributed by atoms with Crippen LogP contribution in [-0.4, -0.2) is 57.9 Å². The Morgan fingerprint density at radius 3 is 1.50 bits per heavy atom. The third kappa shape index (κ3) is 11.9. The number of rotatable bonds is 6. The zero-order chi connectivity index (χ0) is 22.3. The number of nitrogens with zero attached hydrogens (tertiary/aromatic N) is 2. The van der Waals surface area contributed by atoms with Crippen LogP contribution >= 0.6 is 0 Å². The van der Waals surface area contributed by atoms with Gasteiger partial charge in [0.2, 0.25) is 0 Å². The monoisotopic (exact) mass is 786 g/mol. The van der Waals surface area contributed by atoms with E-state index in [0.29, 0.717) is 65.1 Å². The SMILES string of the molecule is CCOC(=O)C1(C(=O)OCC)CC([CH2][Hg])OC([CH2][Hg])C1.O=[N+]([O-])O.O=[N+]([O-])O. The molecule has 1 aliphatic rings. The Bertz CT molecular complexity index is 469. The summed E-state index contributed by atoms with van der Waals surface area (Å²) in [6, 6.07) is 0. The Morgan fingerprint density at radius 1 is 1.00 bits per heavy atom. The van der Waals surface area contributed by atoms with Crippen molar-refractivity contribution in [3.8, 4) is 0 Å². The number of hydrogen-bond donors (Lipinski definition) is 2. The summed E-state index contributed by atoms with van der Waals surface area (Å²) >= 11 is 1.16. The molecule has 1 aliphatic heterocycles. The van der Waals surface area contributed by atoms with Gasteiger partial charge in [0.1, 0.15) is 0 Å². The Morgan fingerprint density at radius 2 is 1.29 bits per heavy atom. The van der Waals surface area contributed by atoms with Crippen LogP contribution in [0.3, 0.4) is 0 Å². The molecule has 0 spiro atoms. The topological polar surface area (TPSA) is 189 Å². The summed E-state index contributed by atoms with van der Waals surface area (Å²) in [5.74, 6) is -0.861. The zero-order valence-corrected chi connectivity index (χ0v) is 26.8. The van der Waals surface area contributed by atoms with Gasteiger partial charge < -0.3 is 10.4 Å². The van der Waals surface area contributed by atoms with Crippen molar-refractivity contribution in [1.29, 1.82) is 0 Å². The fourth-order valence-corrected chi connectivity index (χ4v) is 5.17. The van der Waals surface area contributed by atoms with E-state index in [9.17, 15) is 9.59 Å². The zero-order valence-electron chi connectivity index (χ0n) is 15.8. The Kier molecular flexibility index (Phi) is 16.8. The van der Waals surface area contributed by atoms with Crippen molar-refractivity contribution < 1.29 is 96.6 Å². The molecule has 1 fully saturated rings. The number of esters is 2. The van der Waals surface area contributed by atoms with Crippen LogP contribution in [-0.2, 0) is 76.0 Å². The first-order valence-electron chi connectivity index (χ1n) is 8.25. The first-order valence-corrected chi connectivity index (χ1v) is 16.0. The second-order valence-electron chi connectivity index (χ2n) is 5.36. The van der Waals surface area contributed by atoms with Crippen molar-refractivity contribution in [2.45, 2.75) is 46.8 Å². The summed E-state index contributed by atoms with van der Waals surface area (Å²) in [6.45, 7) is 4.09. The molecular weight excluding hydrogens is 761 g/mol. The molecule has 1 rings (SSSR count). The smallest absolute Gasteiger partial charge is 0.291 e. The van der Waals surface area contributed by atoms with Gasteiger partial charge in [0.15, 0.2) is 0 Å². The molecule has 28 heavy (non-hydrogen) atoms. The maximum absolute atomic E-state index is 12.4. The van der Waals surface area contributed by atoms with Gasteiger partial charge in [0.05, 0.1) is 0 Å². The van der Waals surface area contributed by atoms with Crippen LogP contribution in [0.4, 0.5) is 0 Å². The van der Waals surface area contributed by atoms with Gasteiger partial charge in [0.25, 0.3) is 10.2 Å². The van der Waals surface area contributed by atoms with Gasteiger partial charge in [-0.15, -0.1) is 20.2 Å². The molecule has 2 atom stereocenters. The molecule has 2 N–H and O–H groups in total. The standard InChI is InChI=1S/C13H20O5.2Hg.2HNO3/c1-5-16-11(14)13(12(15)17-6-2)7-9(3)18-10(4)8-13;;;2*2-1(3)4/h9-10H,3-8H2,1-2H3;;;2*(H,2,3,4). The number of carbonyl (C=O) groups excluding carboxylic acids is 2. The largest absolute Gasteiger partial charge is 0.328 e.